The van der Waals surface area contributed by atoms with Gasteiger partial charge in [-0.1, -0.05) is 24.5 Å². The summed E-state index contributed by atoms with van der Waals surface area (Å²) in [6.45, 7) is 1.59. The minimum absolute atomic E-state index is 0.0756. The fourth-order valence-corrected chi connectivity index (χ4v) is 2.84. The number of alkyl halides is 3. The van der Waals surface area contributed by atoms with Crippen LogP contribution in [-0.4, -0.2) is 11.7 Å². The molecule has 0 aromatic heterocycles. The van der Waals surface area contributed by atoms with Crippen LogP contribution in [0.3, 0.4) is 0 Å². The lowest BCUT2D eigenvalue weighted by Crippen LogP contribution is -2.27. The van der Waals surface area contributed by atoms with Crippen molar-refractivity contribution in [2.24, 2.45) is 0 Å². The van der Waals surface area contributed by atoms with E-state index in [0.29, 0.717) is 11.1 Å². The van der Waals surface area contributed by atoms with Crippen molar-refractivity contribution in [2.75, 3.05) is 6.61 Å². The van der Waals surface area contributed by atoms with Gasteiger partial charge in [0, 0.05) is 5.41 Å². The van der Waals surface area contributed by atoms with Crippen LogP contribution in [0, 0.1) is 6.92 Å². The summed E-state index contributed by atoms with van der Waals surface area (Å²) in [5.74, 6) is 0. The SMILES string of the molecule is Cc1cc(C(F)(F)F)cc(C2(CO)CCCC2)c1. The van der Waals surface area contributed by atoms with Crippen LogP contribution in [0.4, 0.5) is 13.2 Å². The maximum absolute atomic E-state index is 12.8. The topological polar surface area (TPSA) is 20.2 Å². The van der Waals surface area contributed by atoms with Gasteiger partial charge >= 0.3 is 6.18 Å². The molecule has 0 spiro atoms. The number of aliphatic hydroxyl groups is 1. The van der Waals surface area contributed by atoms with Crippen LogP contribution in [0.1, 0.15) is 42.4 Å². The van der Waals surface area contributed by atoms with Crippen molar-refractivity contribution in [3.05, 3.63) is 34.9 Å². The van der Waals surface area contributed by atoms with Crippen molar-refractivity contribution in [1.82, 2.24) is 0 Å². The molecule has 0 atom stereocenters. The molecule has 0 saturated heterocycles. The summed E-state index contributed by atoms with van der Waals surface area (Å²) in [4.78, 5) is 0. The van der Waals surface area contributed by atoms with Crippen LogP contribution in [0.2, 0.25) is 0 Å². The average molecular weight is 258 g/mol. The van der Waals surface area contributed by atoms with Crippen LogP contribution in [0.15, 0.2) is 18.2 Å². The van der Waals surface area contributed by atoms with E-state index in [-0.39, 0.29) is 6.61 Å². The Morgan fingerprint density at radius 2 is 1.78 bits per heavy atom. The molecule has 0 amide bonds. The minimum Gasteiger partial charge on any atom is -0.395 e. The molecule has 2 rings (SSSR count). The van der Waals surface area contributed by atoms with Gasteiger partial charge in [-0.3, -0.25) is 0 Å². The zero-order valence-corrected chi connectivity index (χ0v) is 10.3. The number of aryl methyl sites for hydroxylation is 1. The Morgan fingerprint density at radius 1 is 1.17 bits per heavy atom. The highest BCUT2D eigenvalue weighted by atomic mass is 19.4. The predicted molar refractivity (Wildman–Crippen MR) is 63.4 cm³/mol. The fourth-order valence-electron chi connectivity index (χ4n) is 2.84. The predicted octanol–water partition coefficient (Wildman–Crippen LogP) is 3.82. The molecule has 4 heteroatoms. The first-order valence-electron chi connectivity index (χ1n) is 6.18. The van der Waals surface area contributed by atoms with Crippen molar-refractivity contribution in [3.63, 3.8) is 0 Å². The second kappa shape index (κ2) is 4.57. The molecule has 0 aliphatic heterocycles. The molecule has 1 nitrogen and oxygen atoms in total. The molecule has 1 aliphatic rings. The molecule has 1 fully saturated rings. The lowest BCUT2D eigenvalue weighted by atomic mass is 9.78. The molecule has 0 radical (unpaired) electrons. The van der Waals surface area contributed by atoms with E-state index in [1.165, 1.54) is 6.07 Å². The van der Waals surface area contributed by atoms with Crippen molar-refractivity contribution in [3.8, 4) is 0 Å². The summed E-state index contributed by atoms with van der Waals surface area (Å²) >= 11 is 0. The number of hydrogen-bond acceptors (Lipinski definition) is 1. The molecular formula is C14H17F3O. The van der Waals surface area contributed by atoms with E-state index in [0.717, 1.165) is 31.7 Å². The Hall–Kier alpha value is -1.03. The molecule has 0 unspecified atom stereocenters. The second-order valence-corrected chi connectivity index (χ2v) is 5.23. The molecule has 1 aliphatic carbocycles. The Bertz CT molecular complexity index is 431. The molecule has 1 aromatic rings. The summed E-state index contributed by atoms with van der Waals surface area (Å²) in [6.07, 6.45) is -0.851. The van der Waals surface area contributed by atoms with Crippen LogP contribution < -0.4 is 0 Å². The van der Waals surface area contributed by atoms with E-state index >= 15 is 0 Å². The number of hydrogen-bond donors (Lipinski definition) is 1. The Labute approximate surface area is 105 Å². The zero-order valence-electron chi connectivity index (χ0n) is 10.3. The van der Waals surface area contributed by atoms with Gasteiger partial charge in [0.2, 0.25) is 0 Å². The molecule has 1 saturated carbocycles. The lowest BCUT2D eigenvalue weighted by molar-refractivity contribution is -0.137. The van der Waals surface area contributed by atoms with Gasteiger partial charge < -0.3 is 5.11 Å². The van der Waals surface area contributed by atoms with E-state index in [2.05, 4.69) is 0 Å². The van der Waals surface area contributed by atoms with E-state index < -0.39 is 17.2 Å². The molecule has 1 N–H and O–H groups in total. The first kappa shape index (κ1) is 13.4. The molecule has 0 bridgehead atoms. The van der Waals surface area contributed by atoms with Gasteiger partial charge in [-0.25, -0.2) is 0 Å². The van der Waals surface area contributed by atoms with Crippen LogP contribution in [-0.2, 0) is 11.6 Å². The van der Waals surface area contributed by atoms with Gasteiger partial charge in [-0.2, -0.15) is 13.2 Å². The fraction of sp³-hybridized carbons (Fsp3) is 0.571. The van der Waals surface area contributed by atoms with Gasteiger partial charge in [0.25, 0.3) is 0 Å². The largest absolute Gasteiger partial charge is 0.416 e. The Balaban J connectivity index is 2.48. The third-order valence-corrected chi connectivity index (χ3v) is 3.88. The number of benzene rings is 1. The second-order valence-electron chi connectivity index (χ2n) is 5.23. The maximum Gasteiger partial charge on any atom is 0.416 e. The van der Waals surface area contributed by atoms with Gasteiger partial charge in [0.1, 0.15) is 0 Å². The minimum atomic E-state index is -4.32. The Morgan fingerprint density at radius 3 is 2.28 bits per heavy atom. The van der Waals surface area contributed by atoms with E-state index in [4.69, 9.17) is 0 Å². The standard InChI is InChI=1S/C14H17F3O/c1-10-6-11(8-12(7-10)14(15,16)17)13(9-18)4-2-3-5-13/h6-8,18H,2-5,9H2,1H3. The monoisotopic (exact) mass is 258 g/mol. The first-order chi connectivity index (χ1) is 8.37. The van der Waals surface area contributed by atoms with Crippen LogP contribution in [0.25, 0.3) is 0 Å². The van der Waals surface area contributed by atoms with Crippen LogP contribution in [0.5, 0.6) is 0 Å². The van der Waals surface area contributed by atoms with Gasteiger partial charge in [-0.05, 0) is 37.5 Å². The highest BCUT2D eigenvalue weighted by molar-refractivity contribution is 5.36. The smallest absolute Gasteiger partial charge is 0.395 e. The summed E-state index contributed by atoms with van der Waals surface area (Å²) in [7, 11) is 0. The number of rotatable bonds is 2. The van der Waals surface area contributed by atoms with Crippen LogP contribution >= 0.6 is 0 Å². The molecule has 100 valence electrons. The van der Waals surface area contributed by atoms with Crippen molar-refractivity contribution in [1.29, 1.82) is 0 Å². The van der Waals surface area contributed by atoms with Gasteiger partial charge in [0.15, 0.2) is 0 Å². The van der Waals surface area contributed by atoms with Gasteiger partial charge in [0.05, 0.1) is 12.2 Å². The lowest BCUT2D eigenvalue weighted by Gasteiger charge is -2.28. The molecule has 18 heavy (non-hydrogen) atoms. The molecule has 0 heterocycles. The maximum atomic E-state index is 12.8. The number of halogens is 3. The van der Waals surface area contributed by atoms with Crippen molar-refractivity contribution >= 4 is 0 Å². The summed E-state index contributed by atoms with van der Waals surface area (Å²) in [6, 6.07) is 4.13. The first-order valence-corrected chi connectivity index (χ1v) is 6.18. The van der Waals surface area contributed by atoms with E-state index in [1.54, 1.807) is 13.0 Å². The van der Waals surface area contributed by atoms with Crippen molar-refractivity contribution < 1.29 is 18.3 Å². The highest BCUT2D eigenvalue weighted by Crippen LogP contribution is 2.42. The Kier molecular flexibility index (Phi) is 3.41. The zero-order chi connectivity index (χ0) is 13.4. The average Bonchev–Trinajstić information content (AvgIpc) is 2.76. The summed E-state index contributed by atoms with van der Waals surface area (Å²) < 4.78 is 38.4. The van der Waals surface area contributed by atoms with E-state index in [1.807, 2.05) is 0 Å². The van der Waals surface area contributed by atoms with E-state index in [9.17, 15) is 18.3 Å². The number of aliphatic hydroxyl groups excluding tert-OH is 1. The highest BCUT2D eigenvalue weighted by Gasteiger charge is 2.38. The normalized spacial score (nSPS) is 19.2. The summed E-state index contributed by atoms with van der Waals surface area (Å²) in [5, 5.41) is 9.57. The third kappa shape index (κ3) is 2.39. The van der Waals surface area contributed by atoms with Gasteiger partial charge in [-0.15, -0.1) is 0 Å². The molecular weight excluding hydrogens is 241 g/mol. The van der Waals surface area contributed by atoms with Crippen molar-refractivity contribution in [2.45, 2.75) is 44.2 Å². The molecule has 1 aromatic carbocycles. The summed E-state index contributed by atoms with van der Waals surface area (Å²) in [5.41, 5.74) is 0.151. The third-order valence-electron chi connectivity index (χ3n) is 3.88. The quantitative estimate of drug-likeness (QED) is 0.855.